The van der Waals surface area contributed by atoms with Gasteiger partial charge in [0.2, 0.25) is 0 Å². The van der Waals surface area contributed by atoms with Crippen LogP contribution in [0.15, 0.2) is 43.0 Å². The van der Waals surface area contributed by atoms with Crippen LogP contribution in [0.4, 0.5) is 26.3 Å². The van der Waals surface area contributed by atoms with Crippen LogP contribution in [-0.2, 0) is 6.18 Å². The molecule has 1 atom stereocenters. The number of amides is 1. The standard InChI is InChI=1S/C21H18F6N6O2/c1-12(17-30-11-31-33(17)19-28-5-2-6-29-19)32(10-13-3-4-13)18(34)14-7-15(20(22,23)24)9-16(8-14)35-21(25,26)27/h2,5-9,11-13H,3-4,10H2,1H3. The van der Waals surface area contributed by atoms with Crippen molar-refractivity contribution in [3.05, 3.63) is 59.9 Å². The first-order valence-electron chi connectivity index (χ1n) is 10.4. The average molecular weight is 500 g/mol. The maximum Gasteiger partial charge on any atom is 0.573 e. The van der Waals surface area contributed by atoms with E-state index in [0.717, 1.165) is 12.8 Å². The number of nitrogens with zero attached hydrogens (tertiary/aromatic N) is 6. The molecule has 0 saturated heterocycles. The summed E-state index contributed by atoms with van der Waals surface area (Å²) in [5, 5.41) is 4.07. The molecule has 1 unspecified atom stereocenters. The summed E-state index contributed by atoms with van der Waals surface area (Å²) in [7, 11) is 0. The lowest BCUT2D eigenvalue weighted by molar-refractivity contribution is -0.274. The Bertz CT molecular complexity index is 1190. The largest absolute Gasteiger partial charge is 0.573 e. The van der Waals surface area contributed by atoms with Crippen molar-refractivity contribution in [2.45, 2.75) is 38.3 Å². The highest BCUT2D eigenvalue weighted by atomic mass is 19.4. The van der Waals surface area contributed by atoms with Crippen LogP contribution in [0.5, 0.6) is 5.75 Å². The molecule has 0 spiro atoms. The first-order valence-corrected chi connectivity index (χ1v) is 10.4. The number of carbonyl (C=O) groups excluding carboxylic acids is 1. The molecule has 4 rings (SSSR count). The van der Waals surface area contributed by atoms with Gasteiger partial charge in [0, 0.05) is 24.5 Å². The van der Waals surface area contributed by atoms with Gasteiger partial charge in [-0.1, -0.05) is 0 Å². The van der Waals surface area contributed by atoms with E-state index in [9.17, 15) is 31.1 Å². The summed E-state index contributed by atoms with van der Waals surface area (Å²) in [5.41, 5.74) is -2.05. The number of aromatic nitrogens is 5. The Labute approximate surface area is 194 Å². The van der Waals surface area contributed by atoms with E-state index < -0.39 is 41.4 Å². The van der Waals surface area contributed by atoms with Crippen LogP contribution in [0.3, 0.4) is 0 Å². The summed E-state index contributed by atoms with van der Waals surface area (Å²) in [6, 6.07) is 2.10. The predicted molar refractivity (Wildman–Crippen MR) is 107 cm³/mol. The molecule has 1 saturated carbocycles. The second-order valence-electron chi connectivity index (χ2n) is 7.95. The Morgan fingerprint density at radius 3 is 2.40 bits per heavy atom. The molecule has 3 aromatic rings. The molecule has 1 aliphatic rings. The molecule has 2 aromatic heterocycles. The minimum atomic E-state index is -5.24. The Hall–Kier alpha value is -3.71. The molecule has 0 N–H and O–H groups in total. The van der Waals surface area contributed by atoms with Gasteiger partial charge < -0.3 is 9.64 Å². The Kier molecular flexibility index (Phi) is 6.38. The zero-order valence-electron chi connectivity index (χ0n) is 18.1. The van der Waals surface area contributed by atoms with Crippen molar-refractivity contribution in [2.75, 3.05) is 6.54 Å². The SMILES string of the molecule is CC(c1ncnn1-c1ncccn1)N(CC1CC1)C(=O)c1cc(OC(F)(F)F)cc(C(F)(F)F)c1. The molecular formula is C21H18F6N6O2. The third kappa shape index (κ3) is 5.87. The number of hydrogen-bond acceptors (Lipinski definition) is 6. The van der Waals surface area contributed by atoms with E-state index in [4.69, 9.17) is 0 Å². The van der Waals surface area contributed by atoms with Crippen LogP contribution in [0.25, 0.3) is 5.95 Å². The van der Waals surface area contributed by atoms with Crippen molar-refractivity contribution in [2.24, 2.45) is 5.92 Å². The number of hydrogen-bond donors (Lipinski definition) is 0. The lowest BCUT2D eigenvalue weighted by atomic mass is 10.1. The quantitative estimate of drug-likeness (QED) is 0.442. The van der Waals surface area contributed by atoms with Crippen molar-refractivity contribution in [3.8, 4) is 11.7 Å². The maximum atomic E-state index is 13.4. The van der Waals surface area contributed by atoms with E-state index in [0.29, 0.717) is 12.1 Å². The van der Waals surface area contributed by atoms with E-state index in [1.165, 1.54) is 28.3 Å². The van der Waals surface area contributed by atoms with Gasteiger partial charge in [0.25, 0.3) is 11.9 Å². The Balaban J connectivity index is 1.72. The number of alkyl halides is 6. The molecular weight excluding hydrogens is 482 g/mol. The zero-order valence-corrected chi connectivity index (χ0v) is 18.1. The van der Waals surface area contributed by atoms with Gasteiger partial charge in [0.1, 0.15) is 12.1 Å². The monoisotopic (exact) mass is 500 g/mol. The third-order valence-electron chi connectivity index (χ3n) is 5.28. The highest BCUT2D eigenvalue weighted by Crippen LogP contribution is 2.37. The van der Waals surface area contributed by atoms with Crippen LogP contribution in [-0.4, -0.2) is 48.4 Å². The second-order valence-corrected chi connectivity index (χ2v) is 7.95. The van der Waals surface area contributed by atoms with Gasteiger partial charge >= 0.3 is 12.5 Å². The van der Waals surface area contributed by atoms with Crippen LogP contribution < -0.4 is 4.74 Å². The summed E-state index contributed by atoms with van der Waals surface area (Å²) in [6.07, 6.45) is -4.49. The maximum absolute atomic E-state index is 13.4. The van der Waals surface area contributed by atoms with Gasteiger partial charge in [0.05, 0.1) is 11.6 Å². The minimum Gasteiger partial charge on any atom is -0.406 e. The van der Waals surface area contributed by atoms with Gasteiger partial charge in [-0.25, -0.2) is 15.0 Å². The van der Waals surface area contributed by atoms with Crippen molar-refractivity contribution in [1.82, 2.24) is 29.6 Å². The van der Waals surface area contributed by atoms with Crippen LogP contribution in [0, 0.1) is 5.92 Å². The molecule has 1 aliphatic carbocycles. The van der Waals surface area contributed by atoms with Gasteiger partial charge in [0.15, 0.2) is 5.82 Å². The number of halogens is 6. The van der Waals surface area contributed by atoms with Crippen molar-refractivity contribution in [3.63, 3.8) is 0 Å². The minimum absolute atomic E-state index is 0.0995. The molecule has 0 bridgehead atoms. The number of ether oxygens (including phenoxy) is 1. The molecule has 1 amide bonds. The first-order chi connectivity index (χ1) is 16.4. The molecule has 1 fully saturated rings. The van der Waals surface area contributed by atoms with E-state index in [-0.39, 0.29) is 30.3 Å². The molecule has 8 nitrogen and oxygen atoms in total. The normalized spacial score (nSPS) is 15.1. The number of rotatable bonds is 7. The topological polar surface area (TPSA) is 86.0 Å². The van der Waals surface area contributed by atoms with Crippen molar-refractivity contribution >= 4 is 5.91 Å². The van der Waals surface area contributed by atoms with E-state index in [2.05, 4.69) is 24.8 Å². The Morgan fingerprint density at radius 1 is 1.11 bits per heavy atom. The van der Waals surface area contributed by atoms with Crippen molar-refractivity contribution in [1.29, 1.82) is 0 Å². The lowest BCUT2D eigenvalue weighted by Crippen LogP contribution is -2.37. The van der Waals surface area contributed by atoms with Gasteiger partial charge in [-0.05, 0) is 49.9 Å². The molecule has 2 heterocycles. The fraction of sp³-hybridized carbons (Fsp3) is 0.381. The summed E-state index contributed by atoms with van der Waals surface area (Å²) >= 11 is 0. The van der Waals surface area contributed by atoms with E-state index in [1.54, 1.807) is 13.0 Å². The summed E-state index contributed by atoms with van der Waals surface area (Å²) in [5.74, 6) is -1.57. The van der Waals surface area contributed by atoms with Crippen molar-refractivity contribution < 1.29 is 35.9 Å². The van der Waals surface area contributed by atoms with Gasteiger partial charge in [-0.2, -0.15) is 23.0 Å². The van der Waals surface area contributed by atoms with Crippen LogP contribution in [0.1, 0.15) is 47.6 Å². The smallest absolute Gasteiger partial charge is 0.406 e. The highest BCUT2D eigenvalue weighted by molar-refractivity contribution is 5.95. The summed E-state index contributed by atoms with van der Waals surface area (Å²) in [6.45, 7) is 1.75. The fourth-order valence-electron chi connectivity index (χ4n) is 3.47. The number of benzene rings is 1. The lowest BCUT2D eigenvalue weighted by Gasteiger charge is -2.29. The van der Waals surface area contributed by atoms with E-state index in [1.807, 2.05) is 0 Å². The second kappa shape index (κ2) is 9.15. The summed E-state index contributed by atoms with van der Waals surface area (Å²) < 4.78 is 83.3. The number of carbonyl (C=O) groups is 1. The molecule has 1 aromatic carbocycles. The van der Waals surface area contributed by atoms with Crippen LogP contribution >= 0.6 is 0 Å². The third-order valence-corrected chi connectivity index (χ3v) is 5.28. The van der Waals surface area contributed by atoms with E-state index >= 15 is 0 Å². The predicted octanol–water partition coefficient (Wildman–Crippen LogP) is 4.59. The first kappa shape index (κ1) is 24.4. The molecule has 0 radical (unpaired) electrons. The fourth-order valence-corrected chi connectivity index (χ4v) is 3.47. The van der Waals surface area contributed by atoms with Gasteiger partial charge in [-0.3, -0.25) is 4.79 Å². The Morgan fingerprint density at radius 2 is 1.80 bits per heavy atom. The molecule has 186 valence electrons. The average Bonchev–Trinajstić information content (AvgIpc) is 3.47. The zero-order chi connectivity index (χ0) is 25.4. The van der Waals surface area contributed by atoms with Gasteiger partial charge in [-0.15, -0.1) is 13.2 Å². The molecule has 35 heavy (non-hydrogen) atoms. The summed E-state index contributed by atoms with van der Waals surface area (Å²) in [4.78, 5) is 27.0. The highest BCUT2D eigenvalue weighted by Gasteiger charge is 2.38. The molecule has 0 aliphatic heterocycles. The molecule has 14 heteroatoms. The van der Waals surface area contributed by atoms with Crippen LogP contribution in [0.2, 0.25) is 0 Å².